The van der Waals surface area contributed by atoms with Crippen LogP contribution in [0.3, 0.4) is 0 Å². The van der Waals surface area contributed by atoms with E-state index in [1.165, 1.54) is 6.07 Å². The monoisotopic (exact) mass is 356 g/mol. The van der Waals surface area contributed by atoms with Crippen molar-refractivity contribution in [3.63, 3.8) is 0 Å². The molecule has 26 heavy (non-hydrogen) atoms. The molecule has 1 aliphatic rings. The number of methoxy groups -OCH3 is 1. The number of hydrogen-bond acceptors (Lipinski definition) is 3. The standard InChI is InChI=1S/C20H25FN4O/c1-22-20(23-13-15-7-3-4-8-17(15)21)24-16-11-12-25(14-16)18-9-5-6-10-19(18)26-2/h3-10,16H,11-14H2,1-2H3,(H2,22,23,24). The first-order valence-corrected chi connectivity index (χ1v) is 8.80. The molecular formula is C20H25FN4O. The molecule has 0 radical (unpaired) electrons. The summed E-state index contributed by atoms with van der Waals surface area (Å²) in [6.45, 7) is 2.21. The fraction of sp³-hybridized carbons (Fsp3) is 0.350. The number of aliphatic imine (C=N–C) groups is 1. The van der Waals surface area contributed by atoms with Crippen LogP contribution in [0, 0.1) is 5.82 Å². The quantitative estimate of drug-likeness (QED) is 0.639. The molecule has 0 bridgehead atoms. The summed E-state index contributed by atoms with van der Waals surface area (Å²) in [5.41, 5.74) is 1.73. The summed E-state index contributed by atoms with van der Waals surface area (Å²) >= 11 is 0. The number of nitrogens with zero attached hydrogens (tertiary/aromatic N) is 2. The molecule has 6 heteroatoms. The lowest BCUT2D eigenvalue weighted by Crippen LogP contribution is -2.44. The van der Waals surface area contributed by atoms with Crippen LogP contribution in [0.25, 0.3) is 0 Å². The molecule has 1 saturated heterocycles. The van der Waals surface area contributed by atoms with Crippen LogP contribution in [0.1, 0.15) is 12.0 Å². The lowest BCUT2D eigenvalue weighted by atomic mass is 10.2. The molecule has 5 nitrogen and oxygen atoms in total. The van der Waals surface area contributed by atoms with Crippen LogP contribution < -0.4 is 20.3 Å². The highest BCUT2D eigenvalue weighted by atomic mass is 19.1. The van der Waals surface area contributed by atoms with E-state index in [0.717, 1.165) is 30.9 Å². The molecule has 1 atom stereocenters. The molecule has 1 fully saturated rings. The van der Waals surface area contributed by atoms with Crippen LogP contribution in [0.5, 0.6) is 5.75 Å². The van der Waals surface area contributed by atoms with Gasteiger partial charge in [-0.1, -0.05) is 30.3 Å². The van der Waals surface area contributed by atoms with Crippen LogP contribution in [-0.2, 0) is 6.54 Å². The molecule has 0 amide bonds. The first-order valence-electron chi connectivity index (χ1n) is 8.80. The minimum atomic E-state index is -0.210. The summed E-state index contributed by atoms with van der Waals surface area (Å²) in [6.07, 6.45) is 0.998. The Hall–Kier alpha value is -2.76. The third-order valence-electron chi connectivity index (χ3n) is 4.58. The maximum atomic E-state index is 13.7. The van der Waals surface area contributed by atoms with E-state index in [1.54, 1.807) is 26.3 Å². The third-order valence-corrected chi connectivity index (χ3v) is 4.58. The Bertz CT molecular complexity index is 765. The van der Waals surface area contributed by atoms with Crippen molar-refractivity contribution in [2.75, 3.05) is 32.1 Å². The van der Waals surface area contributed by atoms with Gasteiger partial charge in [0.15, 0.2) is 5.96 Å². The minimum absolute atomic E-state index is 0.210. The van der Waals surface area contributed by atoms with Gasteiger partial charge in [-0.25, -0.2) is 4.39 Å². The minimum Gasteiger partial charge on any atom is -0.495 e. The molecule has 138 valence electrons. The van der Waals surface area contributed by atoms with Crippen molar-refractivity contribution < 1.29 is 9.13 Å². The highest BCUT2D eigenvalue weighted by Crippen LogP contribution is 2.30. The summed E-state index contributed by atoms with van der Waals surface area (Å²) < 4.78 is 19.2. The van der Waals surface area contributed by atoms with E-state index in [1.807, 2.05) is 24.3 Å². The van der Waals surface area contributed by atoms with E-state index in [2.05, 4.69) is 26.6 Å². The highest BCUT2D eigenvalue weighted by molar-refractivity contribution is 5.80. The van der Waals surface area contributed by atoms with Gasteiger partial charge in [-0.3, -0.25) is 4.99 Å². The van der Waals surface area contributed by atoms with E-state index in [9.17, 15) is 4.39 Å². The lowest BCUT2D eigenvalue weighted by molar-refractivity contribution is 0.415. The van der Waals surface area contributed by atoms with Crippen LogP contribution >= 0.6 is 0 Å². The fourth-order valence-electron chi connectivity index (χ4n) is 3.20. The third kappa shape index (κ3) is 4.25. The van der Waals surface area contributed by atoms with Gasteiger partial charge < -0.3 is 20.3 Å². The molecule has 0 aliphatic carbocycles. The molecule has 3 rings (SSSR count). The summed E-state index contributed by atoms with van der Waals surface area (Å²) in [5.74, 6) is 1.36. The van der Waals surface area contributed by atoms with Gasteiger partial charge in [-0.2, -0.15) is 0 Å². The van der Waals surface area contributed by atoms with E-state index >= 15 is 0 Å². The molecule has 1 heterocycles. The second kappa shape index (κ2) is 8.56. The SMILES string of the molecule is CN=C(NCc1ccccc1F)NC1CCN(c2ccccc2OC)C1. The summed E-state index contributed by atoms with van der Waals surface area (Å²) in [7, 11) is 3.42. The Labute approximate surface area is 153 Å². The zero-order valence-corrected chi connectivity index (χ0v) is 15.2. The van der Waals surface area contributed by atoms with Gasteiger partial charge in [0.2, 0.25) is 0 Å². The van der Waals surface area contributed by atoms with E-state index < -0.39 is 0 Å². The average molecular weight is 356 g/mol. The van der Waals surface area contributed by atoms with Gasteiger partial charge in [0.25, 0.3) is 0 Å². The van der Waals surface area contributed by atoms with E-state index in [-0.39, 0.29) is 11.9 Å². The van der Waals surface area contributed by atoms with Crippen molar-refractivity contribution in [3.05, 3.63) is 59.9 Å². The zero-order chi connectivity index (χ0) is 18.4. The Morgan fingerprint density at radius 3 is 2.77 bits per heavy atom. The predicted molar refractivity (Wildman–Crippen MR) is 103 cm³/mol. The number of para-hydroxylation sites is 2. The van der Waals surface area contributed by atoms with Gasteiger partial charge in [0, 0.05) is 38.3 Å². The van der Waals surface area contributed by atoms with Gasteiger partial charge in [-0.15, -0.1) is 0 Å². The Kier molecular flexibility index (Phi) is 5.94. The molecular weight excluding hydrogens is 331 g/mol. The lowest BCUT2D eigenvalue weighted by Gasteiger charge is -2.22. The maximum Gasteiger partial charge on any atom is 0.191 e. The summed E-state index contributed by atoms with van der Waals surface area (Å²) in [4.78, 5) is 6.56. The van der Waals surface area contributed by atoms with Crippen LogP contribution in [0.2, 0.25) is 0 Å². The van der Waals surface area contributed by atoms with Crippen LogP contribution in [-0.4, -0.2) is 39.2 Å². The van der Waals surface area contributed by atoms with Gasteiger partial charge in [0.1, 0.15) is 11.6 Å². The fourth-order valence-corrected chi connectivity index (χ4v) is 3.20. The van der Waals surface area contributed by atoms with E-state index in [4.69, 9.17) is 4.74 Å². The van der Waals surface area contributed by atoms with Gasteiger partial charge in [0.05, 0.1) is 12.8 Å². The van der Waals surface area contributed by atoms with Crippen molar-refractivity contribution in [3.8, 4) is 5.75 Å². The highest BCUT2D eigenvalue weighted by Gasteiger charge is 2.25. The first kappa shape index (κ1) is 18.0. The molecule has 2 aromatic carbocycles. The van der Waals surface area contributed by atoms with Crippen LogP contribution in [0.4, 0.5) is 10.1 Å². The predicted octanol–water partition coefficient (Wildman–Crippen LogP) is 2.78. The second-order valence-electron chi connectivity index (χ2n) is 6.26. The molecule has 0 aromatic heterocycles. The number of anilines is 1. The number of hydrogen-bond donors (Lipinski definition) is 2. The molecule has 2 N–H and O–H groups in total. The molecule has 0 saturated carbocycles. The molecule has 2 aromatic rings. The Morgan fingerprint density at radius 2 is 2.00 bits per heavy atom. The van der Waals surface area contributed by atoms with Crippen molar-refractivity contribution in [1.29, 1.82) is 0 Å². The normalized spacial score (nSPS) is 17.3. The Morgan fingerprint density at radius 1 is 1.23 bits per heavy atom. The van der Waals surface area contributed by atoms with Crippen molar-refractivity contribution in [2.45, 2.75) is 19.0 Å². The number of ether oxygens (including phenoxy) is 1. The number of guanidine groups is 1. The smallest absolute Gasteiger partial charge is 0.191 e. The molecule has 1 aliphatic heterocycles. The number of benzene rings is 2. The van der Waals surface area contributed by atoms with E-state index in [0.29, 0.717) is 18.1 Å². The summed E-state index contributed by atoms with van der Waals surface area (Å²) in [6, 6.07) is 15.1. The Balaban J connectivity index is 1.56. The largest absolute Gasteiger partial charge is 0.495 e. The molecule has 1 unspecified atom stereocenters. The number of rotatable bonds is 5. The topological polar surface area (TPSA) is 48.9 Å². The van der Waals surface area contributed by atoms with Crippen molar-refractivity contribution >= 4 is 11.6 Å². The van der Waals surface area contributed by atoms with Gasteiger partial charge >= 0.3 is 0 Å². The number of nitrogens with one attached hydrogen (secondary N) is 2. The first-order chi connectivity index (χ1) is 12.7. The number of halogens is 1. The second-order valence-corrected chi connectivity index (χ2v) is 6.26. The summed E-state index contributed by atoms with van der Waals surface area (Å²) in [5, 5.41) is 6.61. The average Bonchev–Trinajstić information content (AvgIpc) is 3.14. The maximum absolute atomic E-state index is 13.7. The van der Waals surface area contributed by atoms with Crippen molar-refractivity contribution in [1.82, 2.24) is 10.6 Å². The zero-order valence-electron chi connectivity index (χ0n) is 15.2. The molecule has 0 spiro atoms. The van der Waals surface area contributed by atoms with Gasteiger partial charge in [-0.05, 0) is 24.6 Å². The van der Waals surface area contributed by atoms with Crippen LogP contribution in [0.15, 0.2) is 53.5 Å². The van der Waals surface area contributed by atoms with Crippen molar-refractivity contribution in [2.24, 2.45) is 4.99 Å².